The van der Waals surface area contributed by atoms with Gasteiger partial charge in [-0.2, -0.15) is 0 Å². The van der Waals surface area contributed by atoms with Gasteiger partial charge < -0.3 is 9.40 Å². The SMILES string of the molecule is Cc1ccc(-c2nc(-c3c[nH]c(=O)cn3)n(C3CCS(=O)(=O)C3)n2)o1. The number of aromatic nitrogens is 5. The van der Waals surface area contributed by atoms with Crippen molar-refractivity contribution >= 4 is 9.84 Å². The molecule has 1 N–H and O–H groups in total. The summed E-state index contributed by atoms with van der Waals surface area (Å²) in [7, 11) is -3.09. The van der Waals surface area contributed by atoms with Crippen LogP contribution in [0.3, 0.4) is 0 Å². The summed E-state index contributed by atoms with van der Waals surface area (Å²) >= 11 is 0. The van der Waals surface area contributed by atoms with E-state index in [9.17, 15) is 13.2 Å². The van der Waals surface area contributed by atoms with Crippen LogP contribution in [-0.4, -0.2) is 44.7 Å². The third-order valence-corrected chi connectivity index (χ3v) is 5.80. The zero-order chi connectivity index (χ0) is 17.6. The molecule has 9 nitrogen and oxygen atoms in total. The Morgan fingerprint density at radius 2 is 2.20 bits per heavy atom. The summed E-state index contributed by atoms with van der Waals surface area (Å²) in [5.74, 6) is 2.07. The maximum Gasteiger partial charge on any atom is 0.266 e. The van der Waals surface area contributed by atoms with Crippen LogP contribution in [0.15, 0.2) is 33.7 Å². The molecule has 1 saturated heterocycles. The number of hydrogen-bond acceptors (Lipinski definition) is 7. The van der Waals surface area contributed by atoms with Gasteiger partial charge in [0.25, 0.3) is 5.56 Å². The van der Waals surface area contributed by atoms with Crippen molar-refractivity contribution in [2.24, 2.45) is 0 Å². The van der Waals surface area contributed by atoms with Gasteiger partial charge >= 0.3 is 0 Å². The van der Waals surface area contributed by atoms with Gasteiger partial charge in [-0.25, -0.2) is 23.1 Å². The van der Waals surface area contributed by atoms with Gasteiger partial charge in [0, 0.05) is 6.20 Å². The molecule has 0 bridgehead atoms. The zero-order valence-corrected chi connectivity index (χ0v) is 14.2. The quantitative estimate of drug-likeness (QED) is 0.736. The fourth-order valence-electron chi connectivity index (χ4n) is 2.84. The fourth-order valence-corrected chi connectivity index (χ4v) is 4.54. The number of nitrogens with one attached hydrogen (secondary N) is 1. The molecule has 4 heterocycles. The first-order chi connectivity index (χ1) is 11.9. The molecule has 1 aliphatic heterocycles. The molecule has 0 saturated carbocycles. The first-order valence-corrected chi connectivity index (χ1v) is 9.52. The fraction of sp³-hybridized carbons (Fsp3) is 0.333. The van der Waals surface area contributed by atoms with E-state index in [4.69, 9.17) is 4.42 Å². The second-order valence-electron chi connectivity index (χ2n) is 5.97. The van der Waals surface area contributed by atoms with Crippen molar-refractivity contribution in [2.45, 2.75) is 19.4 Å². The molecular formula is C15H15N5O4S. The summed E-state index contributed by atoms with van der Waals surface area (Å²) in [5.41, 5.74) is 0.0751. The molecule has 0 aromatic carbocycles. The van der Waals surface area contributed by atoms with Gasteiger partial charge in [0.15, 0.2) is 21.4 Å². The molecular weight excluding hydrogens is 346 g/mol. The Morgan fingerprint density at radius 3 is 2.80 bits per heavy atom. The highest BCUT2D eigenvalue weighted by molar-refractivity contribution is 7.91. The van der Waals surface area contributed by atoms with Gasteiger partial charge in [0.2, 0.25) is 5.82 Å². The third kappa shape index (κ3) is 3.00. The van der Waals surface area contributed by atoms with Gasteiger partial charge in [0.1, 0.15) is 11.5 Å². The maximum atomic E-state index is 11.8. The average molecular weight is 361 g/mol. The first-order valence-electron chi connectivity index (χ1n) is 7.70. The molecule has 1 unspecified atom stereocenters. The summed E-state index contributed by atoms with van der Waals surface area (Å²) in [4.78, 5) is 22.3. The molecule has 0 aliphatic carbocycles. The Hall–Kier alpha value is -2.75. The van der Waals surface area contributed by atoms with Crippen molar-refractivity contribution < 1.29 is 12.8 Å². The minimum Gasteiger partial charge on any atom is -0.458 e. The molecule has 1 fully saturated rings. The zero-order valence-electron chi connectivity index (χ0n) is 13.3. The summed E-state index contributed by atoms with van der Waals surface area (Å²) in [6, 6.07) is 3.23. The third-order valence-electron chi connectivity index (χ3n) is 4.05. The molecule has 0 spiro atoms. The highest BCUT2D eigenvalue weighted by atomic mass is 32.2. The monoisotopic (exact) mass is 361 g/mol. The molecule has 10 heteroatoms. The lowest BCUT2D eigenvalue weighted by Gasteiger charge is -2.10. The lowest BCUT2D eigenvalue weighted by molar-refractivity contribution is 0.499. The molecule has 1 atom stereocenters. The minimum absolute atomic E-state index is 0.00331. The average Bonchev–Trinajstić information content (AvgIpc) is 3.26. The van der Waals surface area contributed by atoms with Crippen LogP contribution in [-0.2, 0) is 9.84 Å². The van der Waals surface area contributed by atoms with Crippen molar-refractivity contribution in [1.29, 1.82) is 0 Å². The summed E-state index contributed by atoms with van der Waals surface area (Å²) in [5, 5.41) is 4.46. The topological polar surface area (TPSA) is 124 Å². The van der Waals surface area contributed by atoms with Crippen LogP contribution < -0.4 is 5.56 Å². The summed E-state index contributed by atoms with van der Waals surface area (Å²) in [6.45, 7) is 1.81. The Bertz CT molecular complexity index is 1070. The molecule has 25 heavy (non-hydrogen) atoms. The molecule has 130 valence electrons. The first kappa shape index (κ1) is 15.8. The number of rotatable bonds is 3. The predicted molar refractivity (Wildman–Crippen MR) is 88.6 cm³/mol. The molecule has 0 amide bonds. The van der Waals surface area contributed by atoms with Crippen LogP contribution in [0.25, 0.3) is 23.1 Å². The van der Waals surface area contributed by atoms with Crippen LogP contribution in [0.1, 0.15) is 18.2 Å². The maximum absolute atomic E-state index is 11.8. The van der Waals surface area contributed by atoms with Gasteiger partial charge in [0.05, 0.1) is 23.7 Å². The standard InChI is InChI=1S/C15H15N5O4S/c1-9-2-3-12(24-9)14-18-15(11-6-17-13(21)7-16-11)20(19-14)10-4-5-25(22,23)8-10/h2-3,6-7,10H,4-5,8H2,1H3,(H,17,21). The van der Waals surface area contributed by atoms with E-state index in [1.165, 1.54) is 6.20 Å². The summed E-state index contributed by atoms with van der Waals surface area (Å²) < 4.78 is 30.8. The number of aromatic amines is 1. The molecule has 3 aromatic heterocycles. The van der Waals surface area contributed by atoms with Gasteiger partial charge in [-0.3, -0.25) is 4.79 Å². The minimum atomic E-state index is -3.09. The molecule has 3 aromatic rings. The highest BCUT2D eigenvalue weighted by Crippen LogP contribution is 2.29. The number of sulfone groups is 1. The van der Waals surface area contributed by atoms with Crippen LogP contribution >= 0.6 is 0 Å². The van der Waals surface area contributed by atoms with Crippen molar-refractivity contribution in [3.63, 3.8) is 0 Å². The van der Waals surface area contributed by atoms with Crippen molar-refractivity contribution in [3.8, 4) is 23.1 Å². The normalized spacial score (nSPS) is 19.3. The number of hydrogen-bond donors (Lipinski definition) is 1. The molecule has 0 radical (unpaired) electrons. The van der Waals surface area contributed by atoms with E-state index >= 15 is 0 Å². The van der Waals surface area contributed by atoms with Gasteiger partial charge in [-0.15, -0.1) is 5.10 Å². The molecule has 1 aliphatic rings. The second-order valence-corrected chi connectivity index (χ2v) is 8.20. The summed E-state index contributed by atoms with van der Waals surface area (Å²) in [6.07, 6.45) is 3.04. The van der Waals surface area contributed by atoms with E-state index in [1.807, 2.05) is 6.92 Å². The Morgan fingerprint density at radius 1 is 1.36 bits per heavy atom. The smallest absolute Gasteiger partial charge is 0.266 e. The van der Waals surface area contributed by atoms with Crippen LogP contribution in [0.4, 0.5) is 0 Å². The lowest BCUT2D eigenvalue weighted by Crippen LogP contribution is -2.15. The number of aryl methyl sites for hydroxylation is 1. The van der Waals surface area contributed by atoms with E-state index in [1.54, 1.807) is 16.8 Å². The predicted octanol–water partition coefficient (Wildman–Crippen LogP) is 0.956. The van der Waals surface area contributed by atoms with E-state index in [-0.39, 0.29) is 23.1 Å². The molecule has 4 rings (SSSR count). The van der Waals surface area contributed by atoms with Gasteiger partial charge in [-0.05, 0) is 25.5 Å². The Balaban J connectivity index is 1.84. The van der Waals surface area contributed by atoms with Crippen molar-refractivity contribution in [1.82, 2.24) is 24.7 Å². The Kier molecular flexibility index (Phi) is 3.57. The van der Waals surface area contributed by atoms with E-state index in [0.717, 1.165) is 12.0 Å². The van der Waals surface area contributed by atoms with Crippen LogP contribution in [0.2, 0.25) is 0 Å². The number of furan rings is 1. The lowest BCUT2D eigenvalue weighted by atomic mass is 10.2. The second kappa shape index (κ2) is 5.66. The number of nitrogens with zero attached hydrogens (tertiary/aromatic N) is 4. The van der Waals surface area contributed by atoms with E-state index < -0.39 is 9.84 Å². The van der Waals surface area contributed by atoms with Gasteiger partial charge in [-0.1, -0.05) is 0 Å². The van der Waals surface area contributed by atoms with Crippen molar-refractivity contribution in [3.05, 3.63) is 40.6 Å². The highest BCUT2D eigenvalue weighted by Gasteiger charge is 2.32. The van der Waals surface area contributed by atoms with Crippen LogP contribution in [0, 0.1) is 6.92 Å². The van der Waals surface area contributed by atoms with E-state index in [0.29, 0.717) is 29.5 Å². The largest absolute Gasteiger partial charge is 0.458 e. The van der Waals surface area contributed by atoms with Crippen molar-refractivity contribution in [2.75, 3.05) is 11.5 Å². The number of H-pyrrole nitrogens is 1. The van der Waals surface area contributed by atoms with Crippen LogP contribution in [0.5, 0.6) is 0 Å². The van der Waals surface area contributed by atoms with E-state index in [2.05, 4.69) is 20.1 Å². The Labute approximate surface area is 142 Å².